The van der Waals surface area contributed by atoms with Gasteiger partial charge in [-0.2, -0.15) is 0 Å². The number of carbonyl (C=O) groups excluding carboxylic acids is 2. The first-order chi connectivity index (χ1) is 38.9. The van der Waals surface area contributed by atoms with E-state index in [9.17, 15) is 75.7 Å². The largest absolute Gasteiger partial charge is 0.477 e. The predicted molar refractivity (Wildman–Crippen MR) is 297 cm³/mol. The lowest BCUT2D eigenvalue weighted by molar-refractivity contribution is -0.386. The normalized spacial score (nSPS) is 30.4. The number of carbonyl (C=O) groups is 3. The average molecular weight is 1170 g/mol. The number of hydrogen-bond donors (Lipinski definition) is 14. The first kappa shape index (κ1) is 73.0. The van der Waals surface area contributed by atoms with Crippen molar-refractivity contribution in [2.24, 2.45) is 0 Å². The van der Waals surface area contributed by atoms with Crippen LogP contribution in [-0.4, -0.2) is 215 Å². The van der Waals surface area contributed by atoms with Crippen LogP contribution in [0.4, 0.5) is 0 Å². The number of ether oxygens (including phenoxy) is 6. The molecule has 0 aliphatic carbocycles. The van der Waals surface area contributed by atoms with Crippen molar-refractivity contribution < 1.29 is 104 Å². The quantitative estimate of drug-likeness (QED) is 0.0390. The number of hydrogen-bond acceptors (Lipinski definition) is 20. The van der Waals surface area contributed by atoms with Crippen molar-refractivity contribution in [3.8, 4) is 0 Å². The molecule has 0 spiro atoms. The van der Waals surface area contributed by atoms with Gasteiger partial charge in [0.25, 0.3) is 5.79 Å². The minimum absolute atomic E-state index is 0.228. The van der Waals surface area contributed by atoms with Crippen LogP contribution in [0.5, 0.6) is 0 Å². The van der Waals surface area contributed by atoms with Crippen molar-refractivity contribution in [1.82, 2.24) is 10.6 Å². The Hall–Kier alpha value is -2.27. The molecule has 23 nitrogen and oxygen atoms in total. The van der Waals surface area contributed by atoms with Gasteiger partial charge in [-0.1, -0.05) is 181 Å². The third-order valence-electron chi connectivity index (χ3n) is 16.1. The zero-order valence-corrected chi connectivity index (χ0v) is 48.9. The summed E-state index contributed by atoms with van der Waals surface area (Å²) in [5.41, 5.74) is 0. The number of aliphatic hydroxyl groups excluding tert-OH is 11. The van der Waals surface area contributed by atoms with Crippen LogP contribution in [0.3, 0.4) is 0 Å². The molecule has 3 fully saturated rings. The molecule has 3 aliphatic heterocycles. The van der Waals surface area contributed by atoms with Gasteiger partial charge >= 0.3 is 5.97 Å². The summed E-state index contributed by atoms with van der Waals surface area (Å²) in [5.74, 6) is -6.10. The summed E-state index contributed by atoms with van der Waals surface area (Å²) in [5, 5.41) is 136. The third kappa shape index (κ3) is 25.3. The molecule has 81 heavy (non-hydrogen) atoms. The van der Waals surface area contributed by atoms with Crippen LogP contribution >= 0.6 is 0 Å². The Balaban J connectivity index is 1.66. The Morgan fingerprint density at radius 1 is 0.593 bits per heavy atom. The zero-order valence-electron chi connectivity index (χ0n) is 48.9. The summed E-state index contributed by atoms with van der Waals surface area (Å²) in [6.07, 6.45) is 2.70. The summed E-state index contributed by atoms with van der Waals surface area (Å²) in [6.45, 7) is 2.17. The smallest absolute Gasteiger partial charge is 0.364 e. The maximum Gasteiger partial charge on any atom is 0.364 e. The summed E-state index contributed by atoms with van der Waals surface area (Å²) >= 11 is 0. The van der Waals surface area contributed by atoms with E-state index in [4.69, 9.17) is 28.4 Å². The van der Waals surface area contributed by atoms with Crippen LogP contribution in [-0.2, 0) is 42.8 Å². The molecule has 0 aromatic heterocycles. The van der Waals surface area contributed by atoms with E-state index in [1.54, 1.807) is 0 Å². The molecule has 0 bridgehead atoms. The van der Waals surface area contributed by atoms with Crippen LogP contribution < -0.4 is 10.6 Å². The topological polar surface area (TPSA) is 373 Å². The number of unbranched alkanes of at least 4 members (excludes halogenated alkanes) is 25. The van der Waals surface area contributed by atoms with Gasteiger partial charge in [0.05, 0.1) is 50.7 Å². The summed E-state index contributed by atoms with van der Waals surface area (Å²) in [6, 6.07) is -2.52. The highest BCUT2D eigenvalue weighted by atomic mass is 16.8. The number of carboxylic acid groups (broad SMARTS) is 1. The van der Waals surface area contributed by atoms with Gasteiger partial charge in [-0.3, -0.25) is 9.59 Å². The second-order valence-electron chi connectivity index (χ2n) is 22.9. The molecule has 18 atom stereocenters. The number of nitrogens with one attached hydrogen (secondary N) is 2. The minimum atomic E-state index is -3.07. The van der Waals surface area contributed by atoms with Gasteiger partial charge in [0.2, 0.25) is 11.8 Å². The number of aliphatic hydroxyl groups is 11. The van der Waals surface area contributed by atoms with Crippen LogP contribution in [0, 0.1) is 0 Å². The highest BCUT2D eigenvalue weighted by Crippen LogP contribution is 2.38. The molecular formula is C58H108N2O21. The first-order valence-electron chi connectivity index (χ1n) is 30.9. The lowest BCUT2D eigenvalue weighted by Gasteiger charge is -2.50. The molecule has 3 aliphatic rings. The molecular weight excluding hydrogens is 1060 g/mol. The Morgan fingerprint density at radius 2 is 1.07 bits per heavy atom. The molecule has 3 heterocycles. The molecule has 476 valence electrons. The van der Waals surface area contributed by atoms with E-state index in [-0.39, 0.29) is 18.9 Å². The van der Waals surface area contributed by atoms with E-state index in [1.165, 1.54) is 109 Å². The summed E-state index contributed by atoms with van der Waals surface area (Å²) < 4.78 is 34.7. The molecule has 14 N–H and O–H groups in total. The van der Waals surface area contributed by atoms with Crippen LogP contribution in [0.1, 0.15) is 213 Å². The van der Waals surface area contributed by atoms with Gasteiger partial charge in [0, 0.05) is 19.8 Å². The fourth-order valence-electron chi connectivity index (χ4n) is 11.1. The van der Waals surface area contributed by atoms with Crippen molar-refractivity contribution in [3.63, 3.8) is 0 Å². The molecule has 2 amide bonds. The summed E-state index contributed by atoms with van der Waals surface area (Å²) in [4.78, 5) is 38.4. The van der Waals surface area contributed by atoms with Crippen LogP contribution in [0.15, 0.2) is 0 Å². The lowest BCUT2D eigenvalue weighted by Crippen LogP contribution is -2.70. The summed E-state index contributed by atoms with van der Waals surface area (Å²) in [7, 11) is 0. The minimum Gasteiger partial charge on any atom is -0.477 e. The fraction of sp³-hybridized carbons (Fsp3) is 0.948. The first-order valence-corrected chi connectivity index (χ1v) is 30.9. The van der Waals surface area contributed by atoms with Crippen molar-refractivity contribution >= 4 is 17.8 Å². The molecule has 0 aromatic carbocycles. The molecule has 0 aromatic rings. The monoisotopic (exact) mass is 1170 g/mol. The molecule has 3 saturated heterocycles. The molecule has 0 radical (unpaired) electrons. The molecule has 18 unspecified atom stereocenters. The van der Waals surface area contributed by atoms with E-state index >= 15 is 0 Å². The van der Waals surface area contributed by atoms with Crippen molar-refractivity contribution in [3.05, 3.63) is 0 Å². The lowest BCUT2D eigenvalue weighted by atomic mass is 9.88. The maximum absolute atomic E-state index is 13.4. The number of amides is 2. The second-order valence-corrected chi connectivity index (χ2v) is 22.9. The zero-order chi connectivity index (χ0) is 59.7. The highest BCUT2D eigenvalue weighted by Gasteiger charge is 2.60. The Bertz CT molecular complexity index is 1670. The van der Waals surface area contributed by atoms with Crippen LogP contribution in [0.25, 0.3) is 0 Å². The Kier molecular flexibility index (Phi) is 36.9. The number of aliphatic carboxylic acids is 1. The maximum atomic E-state index is 13.4. The Labute approximate surface area is 480 Å². The van der Waals surface area contributed by atoms with Crippen molar-refractivity contribution in [1.29, 1.82) is 0 Å². The van der Waals surface area contributed by atoms with Crippen molar-refractivity contribution in [2.75, 3.05) is 26.4 Å². The third-order valence-corrected chi connectivity index (χ3v) is 16.1. The van der Waals surface area contributed by atoms with E-state index in [1.807, 2.05) is 0 Å². The average Bonchev–Trinajstić information content (AvgIpc) is 3.48. The van der Waals surface area contributed by atoms with Crippen molar-refractivity contribution in [2.45, 2.75) is 323 Å². The second kappa shape index (κ2) is 40.9. The Morgan fingerprint density at radius 3 is 1.54 bits per heavy atom. The van der Waals surface area contributed by atoms with Gasteiger partial charge in [-0.05, 0) is 12.8 Å². The highest BCUT2D eigenvalue weighted by molar-refractivity contribution is 5.77. The molecule has 0 saturated carbocycles. The fourth-order valence-corrected chi connectivity index (χ4v) is 11.1. The SMILES string of the molecule is CCCCCCCCCCCCCCCCC(O)C(COC1OC(CO)C(OC2OC(CO)C(O)C(OC3(C(=O)O)CC(O)C(NC(C)=O)C(C(O)C(O)CO)O3)C2O)C(O)C1O)NC(=O)CCCCCCCCCCCCCCC. The van der Waals surface area contributed by atoms with Crippen LogP contribution in [0.2, 0.25) is 0 Å². The molecule has 3 rings (SSSR count). The number of rotatable bonds is 45. The standard InChI is InChI=1S/C58H108N2O21/c1-4-6-8-10-12-14-16-18-20-21-23-25-27-29-31-40(65)39(60-45(68)32-30-28-26-24-22-19-17-15-13-11-9-7-5-2)37-76-55-50(72)49(71)52(44(36-63)78-55)79-56-51(73)54(48(70)43(35-62)77-56)81-58(57(74)75)33-41(66)46(59-38(3)64)53(80-58)47(69)42(67)34-61/h39-44,46-56,61-63,65-67,69-73H,4-37H2,1-3H3,(H,59,64)(H,60,68)(H,74,75). The molecule has 23 heteroatoms. The van der Waals surface area contributed by atoms with E-state index < -0.39 is 148 Å². The van der Waals surface area contributed by atoms with E-state index in [0.29, 0.717) is 19.3 Å². The van der Waals surface area contributed by atoms with Gasteiger partial charge in [0.15, 0.2) is 12.6 Å². The van der Waals surface area contributed by atoms with E-state index in [0.717, 1.165) is 58.3 Å². The predicted octanol–water partition coefficient (Wildman–Crippen LogP) is 3.00. The van der Waals surface area contributed by atoms with Gasteiger partial charge in [0.1, 0.15) is 67.1 Å². The van der Waals surface area contributed by atoms with Gasteiger partial charge in [-0.25, -0.2) is 4.79 Å². The van der Waals surface area contributed by atoms with Gasteiger partial charge in [-0.15, -0.1) is 0 Å². The number of carboxylic acids is 1. The van der Waals surface area contributed by atoms with E-state index in [2.05, 4.69) is 24.5 Å². The van der Waals surface area contributed by atoms with Gasteiger partial charge < -0.3 is 100 Å².